The van der Waals surface area contributed by atoms with Crippen LogP contribution in [-0.2, 0) is 0 Å². The molecule has 0 radical (unpaired) electrons. The highest BCUT2D eigenvalue weighted by atomic mass is 19.4. The van der Waals surface area contributed by atoms with Gasteiger partial charge in [-0.15, -0.1) is 0 Å². The normalized spacial score (nSPS) is 27.0. The second-order valence-corrected chi connectivity index (χ2v) is 7.16. The molecular formula is C16H19BF5NO2. The van der Waals surface area contributed by atoms with Crippen LogP contribution < -0.4 is 5.46 Å². The molecule has 0 saturated heterocycles. The Morgan fingerprint density at radius 2 is 1.64 bits per heavy atom. The minimum Gasteiger partial charge on any atom is -0.423 e. The summed E-state index contributed by atoms with van der Waals surface area (Å²) in [7, 11) is -1.79. The van der Waals surface area contributed by atoms with Gasteiger partial charge < -0.3 is 10.0 Å². The molecule has 1 aromatic rings. The van der Waals surface area contributed by atoms with E-state index in [1.54, 1.807) is 6.07 Å². The van der Waals surface area contributed by atoms with Crippen molar-refractivity contribution in [1.29, 1.82) is 0 Å². The Bertz CT molecular complexity index is 621. The highest BCUT2D eigenvalue weighted by Crippen LogP contribution is 2.48. The van der Waals surface area contributed by atoms with Gasteiger partial charge in [-0.25, -0.2) is 8.78 Å². The first-order valence-corrected chi connectivity index (χ1v) is 8.37. The van der Waals surface area contributed by atoms with Crippen LogP contribution in [0, 0.1) is 5.92 Å². The van der Waals surface area contributed by atoms with Gasteiger partial charge in [0, 0.05) is 36.1 Å². The van der Waals surface area contributed by atoms with Crippen molar-refractivity contribution in [3.8, 4) is 0 Å². The first kappa shape index (κ1) is 18.6. The van der Waals surface area contributed by atoms with E-state index in [2.05, 4.69) is 4.98 Å². The van der Waals surface area contributed by atoms with Crippen LogP contribution in [0.3, 0.4) is 0 Å². The third-order valence-corrected chi connectivity index (χ3v) is 5.41. The van der Waals surface area contributed by atoms with Gasteiger partial charge in [0.15, 0.2) is 0 Å². The van der Waals surface area contributed by atoms with Gasteiger partial charge in [-0.05, 0) is 43.2 Å². The summed E-state index contributed by atoms with van der Waals surface area (Å²) in [5.74, 6) is -4.69. The predicted octanol–water partition coefficient (Wildman–Crippen LogP) is 3.11. The largest absolute Gasteiger partial charge is 0.490 e. The number of rotatable bonds is 3. The Morgan fingerprint density at radius 3 is 2.12 bits per heavy atom. The monoisotopic (exact) mass is 363 g/mol. The number of alkyl halides is 5. The highest BCUT2D eigenvalue weighted by Gasteiger charge is 2.47. The van der Waals surface area contributed by atoms with Gasteiger partial charge in [-0.1, -0.05) is 0 Å². The number of pyridine rings is 1. The molecule has 0 atom stereocenters. The highest BCUT2D eigenvalue weighted by molar-refractivity contribution is 6.59. The van der Waals surface area contributed by atoms with Crippen molar-refractivity contribution in [1.82, 2.24) is 4.98 Å². The van der Waals surface area contributed by atoms with E-state index < -0.39 is 31.1 Å². The minimum absolute atomic E-state index is 0.0196. The Balaban J connectivity index is 1.79. The molecule has 0 aliphatic heterocycles. The molecular weight excluding hydrogens is 344 g/mol. The van der Waals surface area contributed by atoms with E-state index in [0.717, 1.165) is 0 Å². The lowest BCUT2D eigenvalue weighted by Gasteiger charge is -2.35. The van der Waals surface area contributed by atoms with E-state index >= 15 is 0 Å². The predicted molar refractivity (Wildman–Crippen MR) is 81.7 cm³/mol. The maximum Gasteiger partial charge on any atom is 0.490 e. The molecule has 1 heterocycles. The SMILES string of the molecule is OB(O)c1cnc(C2CC(F)(F)C2)cc1[C@H]1CC[C@H](C(F)(F)F)CC1. The van der Waals surface area contributed by atoms with Gasteiger partial charge in [-0.3, -0.25) is 4.98 Å². The maximum atomic E-state index is 13.1. The van der Waals surface area contributed by atoms with Gasteiger partial charge in [-0.2, -0.15) is 13.2 Å². The summed E-state index contributed by atoms with van der Waals surface area (Å²) in [5.41, 5.74) is 1.12. The van der Waals surface area contributed by atoms with Crippen LogP contribution in [0.15, 0.2) is 12.3 Å². The fraction of sp³-hybridized carbons (Fsp3) is 0.688. The topological polar surface area (TPSA) is 53.4 Å². The van der Waals surface area contributed by atoms with Crippen molar-refractivity contribution in [2.45, 2.75) is 62.5 Å². The second kappa shape index (κ2) is 6.50. The lowest BCUT2D eigenvalue weighted by atomic mass is 9.69. The molecule has 3 nitrogen and oxygen atoms in total. The molecule has 0 aromatic carbocycles. The Kier molecular flexibility index (Phi) is 4.83. The fourth-order valence-electron chi connectivity index (χ4n) is 3.89. The number of nitrogens with zero attached hydrogens (tertiary/aromatic N) is 1. The summed E-state index contributed by atoms with van der Waals surface area (Å²) >= 11 is 0. The molecule has 2 fully saturated rings. The third-order valence-electron chi connectivity index (χ3n) is 5.41. The molecule has 0 amide bonds. The van der Waals surface area contributed by atoms with Crippen LogP contribution in [0.2, 0.25) is 0 Å². The van der Waals surface area contributed by atoms with Gasteiger partial charge in [0.25, 0.3) is 0 Å². The molecule has 3 rings (SSSR count). The van der Waals surface area contributed by atoms with Crippen molar-refractivity contribution in [3.05, 3.63) is 23.5 Å². The van der Waals surface area contributed by atoms with Crippen molar-refractivity contribution in [2.75, 3.05) is 0 Å². The average molecular weight is 363 g/mol. The molecule has 0 bridgehead atoms. The van der Waals surface area contributed by atoms with Gasteiger partial charge in [0.1, 0.15) is 0 Å². The van der Waals surface area contributed by atoms with Crippen molar-refractivity contribution in [2.24, 2.45) is 5.92 Å². The molecule has 1 aromatic heterocycles. The third kappa shape index (κ3) is 3.97. The maximum absolute atomic E-state index is 13.1. The van der Waals surface area contributed by atoms with Crippen molar-refractivity contribution >= 4 is 12.6 Å². The van der Waals surface area contributed by atoms with Gasteiger partial charge >= 0.3 is 13.3 Å². The average Bonchev–Trinajstić information content (AvgIpc) is 2.51. The molecule has 25 heavy (non-hydrogen) atoms. The van der Waals surface area contributed by atoms with Crippen molar-refractivity contribution < 1.29 is 32.0 Å². The van der Waals surface area contributed by atoms with Crippen molar-refractivity contribution in [3.63, 3.8) is 0 Å². The van der Waals surface area contributed by atoms with E-state index in [9.17, 15) is 32.0 Å². The standard InChI is InChI=1S/C16H19BF5NO2/c18-15(19)6-10(7-15)14-5-12(13(8-23-14)17(24)25)9-1-3-11(4-2-9)16(20,21)22/h5,8-11,24-25H,1-4,6-7H2/t9-,11-. The lowest BCUT2D eigenvalue weighted by Crippen LogP contribution is -2.38. The summed E-state index contributed by atoms with van der Waals surface area (Å²) in [4.78, 5) is 4.06. The first-order valence-electron chi connectivity index (χ1n) is 8.37. The Morgan fingerprint density at radius 1 is 1.04 bits per heavy atom. The summed E-state index contributed by atoms with van der Waals surface area (Å²) < 4.78 is 64.6. The van der Waals surface area contributed by atoms with E-state index in [4.69, 9.17) is 0 Å². The molecule has 0 unspecified atom stereocenters. The molecule has 0 spiro atoms. The molecule has 138 valence electrons. The summed E-state index contributed by atoms with van der Waals surface area (Å²) in [5, 5.41) is 19.0. The minimum atomic E-state index is -4.22. The molecule has 2 saturated carbocycles. The Labute approximate surface area is 142 Å². The van der Waals surface area contributed by atoms with Crippen LogP contribution in [0.5, 0.6) is 0 Å². The van der Waals surface area contributed by atoms with E-state index in [-0.39, 0.29) is 49.9 Å². The van der Waals surface area contributed by atoms with E-state index in [1.807, 2.05) is 0 Å². The van der Waals surface area contributed by atoms with E-state index in [1.165, 1.54) is 6.20 Å². The Hall–Kier alpha value is -1.22. The van der Waals surface area contributed by atoms with Crippen LogP contribution in [0.25, 0.3) is 0 Å². The molecule has 2 aliphatic carbocycles. The number of aromatic nitrogens is 1. The smallest absolute Gasteiger partial charge is 0.423 e. The van der Waals surface area contributed by atoms with Gasteiger partial charge in [0.2, 0.25) is 5.92 Å². The molecule has 2 aliphatic rings. The number of halogens is 5. The van der Waals surface area contributed by atoms with Gasteiger partial charge in [0.05, 0.1) is 5.92 Å². The summed E-state index contributed by atoms with van der Waals surface area (Å²) in [6.07, 6.45) is -3.07. The van der Waals surface area contributed by atoms with E-state index in [0.29, 0.717) is 11.3 Å². The number of hydrogen-bond donors (Lipinski definition) is 2. The first-order chi connectivity index (χ1) is 11.6. The second-order valence-electron chi connectivity index (χ2n) is 7.16. The van der Waals surface area contributed by atoms with Crippen LogP contribution in [0.1, 0.15) is 61.6 Å². The fourth-order valence-corrected chi connectivity index (χ4v) is 3.89. The quantitative estimate of drug-likeness (QED) is 0.641. The van der Waals surface area contributed by atoms with Crippen LogP contribution >= 0.6 is 0 Å². The zero-order chi connectivity index (χ0) is 18.4. The zero-order valence-corrected chi connectivity index (χ0v) is 13.4. The number of hydrogen-bond acceptors (Lipinski definition) is 3. The van der Waals surface area contributed by atoms with Crippen LogP contribution in [0.4, 0.5) is 22.0 Å². The molecule has 2 N–H and O–H groups in total. The summed E-state index contributed by atoms with van der Waals surface area (Å²) in [6, 6.07) is 1.58. The summed E-state index contributed by atoms with van der Waals surface area (Å²) in [6.45, 7) is 0. The zero-order valence-electron chi connectivity index (χ0n) is 13.4. The lowest BCUT2D eigenvalue weighted by molar-refractivity contribution is -0.182. The van der Waals surface area contributed by atoms with Crippen LogP contribution in [-0.4, -0.2) is 34.2 Å². The molecule has 9 heteroatoms.